The molecule has 104 valence electrons. The van der Waals surface area contributed by atoms with Crippen LogP contribution < -0.4 is 10.9 Å². The van der Waals surface area contributed by atoms with E-state index in [2.05, 4.69) is 16.9 Å². The number of carboxylic acids is 1. The number of fused-ring (bicyclic) bond motifs is 1. The van der Waals surface area contributed by atoms with Gasteiger partial charge in [0.2, 0.25) is 5.95 Å². The summed E-state index contributed by atoms with van der Waals surface area (Å²) in [5.41, 5.74) is 0.406. The highest BCUT2D eigenvalue weighted by molar-refractivity contribution is 5.79. The lowest BCUT2D eigenvalue weighted by Gasteiger charge is -2.14. The molecule has 0 saturated carbocycles. The van der Waals surface area contributed by atoms with Gasteiger partial charge in [0.1, 0.15) is 0 Å². The van der Waals surface area contributed by atoms with E-state index in [1.165, 1.54) is 0 Å². The Morgan fingerprint density at radius 2 is 2.20 bits per heavy atom. The summed E-state index contributed by atoms with van der Waals surface area (Å²) in [7, 11) is 0. The van der Waals surface area contributed by atoms with E-state index >= 15 is 0 Å². The van der Waals surface area contributed by atoms with Gasteiger partial charge in [-0.2, -0.15) is 4.98 Å². The number of nitrogens with one attached hydrogen (secondary N) is 1. The predicted molar refractivity (Wildman–Crippen MR) is 76.9 cm³/mol. The van der Waals surface area contributed by atoms with Crippen LogP contribution in [0.3, 0.4) is 0 Å². The van der Waals surface area contributed by atoms with Crippen molar-refractivity contribution in [3.8, 4) is 0 Å². The fourth-order valence-corrected chi connectivity index (χ4v) is 1.95. The van der Waals surface area contributed by atoms with Crippen LogP contribution in [0.4, 0.5) is 5.95 Å². The molecule has 0 radical (unpaired) electrons. The van der Waals surface area contributed by atoms with Gasteiger partial charge >= 0.3 is 5.97 Å². The molecule has 0 amide bonds. The Morgan fingerprint density at radius 1 is 1.45 bits per heavy atom. The zero-order valence-corrected chi connectivity index (χ0v) is 10.9. The van der Waals surface area contributed by atoms with Crippen LogP contribution in [0.1, 0.15) is 6.42 Å². The Labute approximate surface area is 115 Å². The Balaban J connectivity index is 2.47. The van der Waals surface area contributed by atoms with Gasteiger partial charge in [0.25, 0.3) is 5.56 Å². The summed E-state index contributed by atoms with van der Waals surface area (Å²) in [4.78, 5) is 26.5. The highest BCUT2D eigenvalue weighted by atomic mass is 16.4. The molecule has 1 aromatic heterocycles. The van der Waals surface area contributed by atoms with Gasteiger partial charge in [-0.1, -0.05) is 18.2 Å². The fraction of sp³-hybridized carbons (Fsp3) is 0.214. The third-order valence-corrected chi connectivity index (χ3v) is 2.82. The number of allylic oxidation sites excluding steroid dienone is 1. The topological polar surface area (TPSA) is 84.2 Å². The minimum atomic E-state index is -0.907. The first kappa shape index (κ1) is 13.8. The highest BCUT2D eigenvalue weighted by Gasteiger charge is 2.09. The zero-order valence-electron chi connectivity index (χ0n) is 10.9. The number of aliphatic carboxylic acids is 1. The molecule has 0 aliphatic heterocycles. The van der Waals surface area contributed by atoms with E-state index in [1.807, 2.05) is 12.1 Å². The van der Waals surface area contributed by atoms with E-state index in [-0.39, 0.29) is 18.5 Å². The molecule has 1 heterocycles. The number of hydrogen-bond donors (Lipinski definition) is 2. The maximum Gasteiger partial charge on any atom is 0.305 e. The first-order valence-corrected chi connectivity index (χ1v) is 6.19. The van der Waals surface area contributed by atoms with Crippen LogP contribution in [-0.4, -0.2) is 27.2 Å². The summed E-state index contributed by atoms with van der Waals surface area (Å²) in [5, 5.41) is 12.1. The third-order valence-electron chi connectivity index (χ3n) is 2.82. The first-order valence-electron chi connectivity index (χ1n) is 6.19. The van der Waals surface area contributed by atoms with E-state index in [9.17, 15) is 9.59 Å². The number of hydrogen-bond acceptors (Lipinski definition) is 4. The second-order valence-corrected chi connectivity index (χ2v) is 4.23. The van der Waals surface area contributed by atoms with Crippen molar-refractivity contribution in [1.29, 1.82) is 0 Å². The molecule has 2 N–H and O–H groups in total. The molecule has 0 saturated heterocycles. The summed E-state index contributed by atoms with van der Waals surface area (Å²) in [5.74, 6) is -0.550. The van der Waals surface area contributed by atoms with Crippen molar-refractivity contribution in [3.63, 3.8) is 0 Å². The number of aromatic nitrogens is 2. The molecule has 0 bridgehead atoms. The molecule has 20 heavy (non-hydrogen) atoms. The van der Waals surface area contributed by atoms with Gasteiger partial charge in [-0.25, -0.2) is 0 Å². The van der Waals surface area contributed by atoms with Crippen LogP contribution in [0.25, 0.3) is 10.9 Å². The van der Waals surface area contributed by atoms with Gasteiger partial charge in [0.05, 0.1) is 17.3 Å². The quantitative estimate of drug-likeness (QED) is 0.779. The van der Waals surface area contributed by atoms with E-state index in [0.717, 1.165) is 5.52 Å². The summed E-state index contributed by atoms with van der Waals surface area (Å²) in [6.07, 6.45) is 1.65. The van der Waals surface area contributed by atoms with Gasteiger partial charge in [-0.15, -0.1) is 6.58 Å². The van der Waals surface area contributed by atoms with Gasteiger partial charge < -0.3 is 15.0 Å². The van der Waals surface area contributed by atoms with Crippen molar-refractivity contribution in [2.24, 2.45) is 0 Å². The Hall–Kier alpha value is -2.63. The SMILES string of the molecule is C=CCn1c(NCCC(=O)O)nc(=O)c2ccccc21. The Kier molecular flexibility index (Phi) is 4.14. The zero-order chi connectivity index (χ0) is 14.5. The summed E-state index contributed by atoms with van der Waals surface area (Å²) >= 11 is 0. The minimum Gasteiger partial charge on any atom is -0.481 e. The summed E-state index contributed by atoms with van der Waals surface area (Å²) < 4.78 is 1.80. The van der Waals surface area contributed by atoms with Crippen LogP contribution >= 0.6 is 0 Å². The summed E-state index contributed by atoms with van der Waals surface area (Å²) in [6.45, 7) is 4.37. The second-order valence-electron chi connectivity index (χ2n) is 4.23. The average molecular weight is 273 g/mol. The van der Waals surface area contributed by atoms with Crippen molar-refractivity contribution in [3.05, 3.63) is 47.3 Å². The molecule has 6 nitrogen and oxygen atoms in total. The Morgan fingerprint density at radius 3 is 2.90 bits per heavy atom. The van der Waals surface area contributed by atoms with Gasteiger partial charge in [0.15, 0.2) is 0 Å². The molecule has 2 rings (SSSR count). The molecule has 0 fully saturated rings. The van der Waals surface area contributed by atoms with Crippen LogP contribution in [-0.2, 0) is 11.3 Å². The molecule has 0 atom stereocenters. The van der Waals surface area contributed by atoms with Crippen molar-refractivity contribution < 1.29 is 9.90 Å². The smallest absolute Gasteiger partial charge is 0.305 e. The van der Waals surface area contributed by atoms with E-state index in [1.54, 1.807) is 22.8 Å². The molecule has 0 aliphatic rings. The number of carboxylic acid groups (broad SMARTS) is 1. The lowest BCUT2D eigenvalue weighted by Crippen LogP contribution is -2.20. The number of benzene rings is 1. The molecule has 0 spiro atoms. The van der Waals surface area contributed by atoms with Crippen molar-refractivity contribution in [1.82, 2.24) is 9.55 Å². The lowest BCUT2D eigenvalue weighted by molar-refractivity contribution is -0.136. The fourth-order valence-electron chi connectivity index (χ4n) is 1.95. The highest BCUT2D eigenvalue weighted by Crippen LogP contribution is 2.14. The predicted octanol–water partition coefficient (Wildman–Crippen LogP) is 1.47. The van der Waals surface area contributed by atoms with E-state index in [0.29, 0.717) is 17.9 Å². The maximum absolute atomic E-state index is 11.9. The number of para-hydroxylation sites is 1. The minimum absolute atomic E-state index is 0.0449. The monoisotopic (exact) mass is 273 g/mol. The number of rotatable bonds is 6. The largest absolute Gasteiger partial charge is 0.481 e. The van der Waals surface area contributed by atoms with Crippen molar-refractivity contribution in [2.75, 3.05) is 11.9 Å². The average Bonchev–Trinajstić information content (AvgIpc) is 2.42. The van der Waals surface area contributed by atoms with Gasteiger partial charge in [-0.3, -0.25) is 9.59 Å². The number of carbonyl (C=O) groups is 1. The van der Waals surface area contributed by atoms with Crippen molar-refractivity contribution >= 4 is 22.8 Å². The lowest BCUT2D eigenvalue weighted by atomic mass is 10.2. The summed E-state index contributed by atoms with van der Waals surface area (Å²) in [6, 6.07) is 7.15. The second kappa shape index (κ2) is 6.01. The third kappa shape index (κ3) is 2.85. The number of nitrogens with zero attached hydrogens (tertiary/aromatic N) is 2. The van der Waals surface area contributed by atoms with Gasteiger partial charge in [-0.05, 0) is 12.1 Å². The van der Waals surface area contributed by atoms with E-state index < -0.39 is 5.97 Å². The van der Waals surface area contributed by atoms with Gasteiger partial charge in [0, 0.05) is 13.1 Å². The van der Waals surface area contributed by atoms with Crippen LogP contribution in [0.15, 0.2) is 41.7 Å². The molecular formula is C14H15N3O3. The first-order chi connectivity index (χ1) is 9.63. The standard InChI is InChI=1S/C14H15N3O3/c1-2-9-17-11-6-4-3-5-10(11)13(20)16-14(17)15-8-7-12(18)19/h2-6H,1,7-9H2,(H,18,19)(H,15,16,20). The Bertz CT molecular complexity index is 706. The molecule has 2 aromatic rings. The molecule has 0 aliphatic carbocycles. The molecule has 0 unspecified atom stereocenters. The van der Waals surface area contributed by atoms with Crippen molar-refractivity contribution in [2.45, 2.75) is 13.0 Å². The number of anilines is 1. The molecule has 6 heteroatoms. The van der Waals surface area contributed by atoms with Crippen LogP contribution in [0.5, 0.6) is 0 Å². The van der Waals surface area contributed by atoms with Crippen LogP contribution in [0, 0.1) is 0 Å². The maximum atomic E-state index is 11.9. The molecule has 1 aromatic carbocycles. The molecular weight excluding hydrogens is 258 g/mol. The normalized spacial score (nSPS) is 10.4. The van der Waals surface area contributed by atoms with Crippen LogP contribution in [0.2, 0.25) is 0 Å². The van der Waals surface area contributed by atoms with E-state index in [4.69, 9.17) is 5.11 Å².